The third-order valence-corrected chi connectivity index (χ3v) is 3.74. The minimum atomic E-state index is 0.645. The number of nitrogens with zero attached hydrogens (tertiary/aromatic N) is 4. The van der Waals surface area contributed by atoms with Gasteiger partial charge in [0.2, 0.25) is 0 Å². The molecule has 0 atom stereocenters. The molecule has 0 aliphatic carbocycles. The topological polar surface area (TPSA) is 44.3 Å². The molecule has 17 heavy (non-hydrogen) atoms. The van der Waals surface area contributed by atoms with Gasteiger partial charge in [-0.1, -0.05) is 11.6 Å². The lowest BCUT2D eigenvalue weighted by Gasteiger charge is -2.47. The number of piperazine rings is 1. The third-order valence-electron chi connectivity index (χ3n) is 3.48. The van der Waals surface area contributed by atoms with Crippen LogP contribution in [0.3, 0.4) is 0 Å². The quantitative estimate of drug-likeness (QED) is 0.817. The Morgan fingerprint density at radius 2 is 2.06 bits per heavy atom. The maximum atomic E-state index is 6.07. The Balaban J connectivity index is 1.59. The molecule has 3 heterocycles. The average molecular weight is 254 g/mol. The summed E-state index contributed by atoms with van der Waals surface area (Å²) in [5.74, 6) is 0.869. The first-order valence-corrected chi connectivity index (χ1v) is 6.37. The lowest BCUT2D eigenvalue weighted by Crippen LogP contribution is -2.63. The summed E-state index contributed by atoms with van der Waals surface area (Å²) in [6, 6.07) is 0.656. The predicted molar refractivity (Wildman–Crippen MR) is 67.5 cm³/mol. The van der Waals surface area contributed by atoms with Gasteiger partial charge >= 0.3 is 0 Å². The number of halogens is 1. The van der Waals surface area contributed by atoms with E-state index < -0.39 is 0 Å². The number of hydrogen-bond acceptors (Lipinski definition) is 5. The van der Waals surface area contributed by atoms with E-state index in [1.165, 1.54) is 0 Å². The molecule has 3 rings (SSSR count). The summed E-state index contributed by atoms with van der Waals surface area (Å²) in [7, 11) is 0. The van der Waals surface area contributed by atoms with Crippen molar-refractivity contribution in [3.63, 3.8) is 0 Å². The van der Waals surface area contributed by atoms with E-state index in [1.54, 1.807) is 12.5 Å². The highest BCUT2D eigenvalue weighted by molar-refractivity contribution is 6.32. The number of anilines is 1. The van der Waals surface area contributed by atoms with Crippen molar-refractivity contribution in [2.75, 3.05) is 44.2 Å². The zero-order valence-electron chi connectivity index (χ0n) is 9.64. The molecule has 2 aliphatic heterocycles. The summed E-state index contributed by atoms with van der Waals surface area (Å²) in [6.45, 7) is 6.55. The molecule has 0 saturated carbocycles. The van der Waals surface area contributed by atoms with Gasteiger partial charge in [0.25, 0.3) is 0 Å². The fourth-order valence-corrected chi connectivity index (χ4v) is 2.67. The van der Waals surface area contributed by atoms with Gasteiger partial charge in [0.15, 0.2) is 5.82 Å². The molecule has 2 aliphatic rings. The summed E-state index contributed by atoms with van der Waals surface area (Å²) >= 11 is 6.07. The van der Waals surface area contributed by atoms with Gasteiger partial charge in [-0.15, -0.1) is 0 Å². The molecule has 92 valence electrons. The van der Waals surface area contributed by atoms with E-state index in [9.17, 15) is 0 Å². The van der Waals surface area contributed by atoms with Gasteiger partial charge in [-0.2, -0.15) is 0 Å². The Bertz CT molecular complexity index is 387. The van der Waals surface area contributed by atoms with Crippen LogP contribution in [0.15, 0.2) is 12.5 Å². The highest BCUT2D eigenvalue weighted by Gasteiger charge is 2.33. The molecule has 0 bridgehead atoms. The van der Waals surface area contributed by atoms with Crippen LogP contribution in [0, 0.1) is 0 Å². The summed E-state index contributed by atoms with van der Waals surface area (Å²) in [5.41, 5.74) is 0. The lowest BCUT2D eigenvalue weighted by atomic mass is 10.1. The molecule has 2 saturated heterocycles. The zero-order chi connectivity index (χ0) is 11.7. The number of nitrogens with one attached hydrogen (secondary N) is 1. The van der Waals surface area contributed by atoms with Crippen molar-refractivity contribution in [2.24, 2.45) is 0 Å². The standard InChI is InChI=1S/C11H16ClN5/c12-10-5-14-8-15-11(10)17-6-9(7-17)16-3-1-13-2-4-16/h5,8-9,13H,1-4,6-7H2. The monoisotopic (exact) mass is 253 g/mol. The van der Waals surface area contributed by atoms with Crippen molar-refractivity contribution in [1.29, 1.82) is 0 Å². The van der Waals surface area contributed by atoms with Gasteiger partial charge in [0, 0.05) is 45.3 Å². The molecule has 1 aromatic heterocycles. The van der Waals surface area contributed by atoms with Crippen molar-refractivity contribution in [1.82, 2.24) is 20.2 Å². The van der Waals surface area contributed by atoms with Crippen LogP contribution in [-0.2, 0) is 0 Å². The highest BCUT2D eigenvalue weighted by Crippen LogP contribution is 2.27. The average Bonchev–Trinajstić information content (AvgIpc) is 2.31. The summed E-state index contributed by atoms with van der Waals surface area (Å²) < 4.78 is 0. The van der Waals surface area contributed by atoms with Gasteiger partial charge < -0.3 is 10.2 Å². The Morgan fingerprint density at radius 1 is 1.29 bits per heavy atom. The van der Waals surface area contributed by atoms with Crippen LogP contribution in [0.1, 0.15) is 0 Å². The van der Waals surface area contributed by atoms with E-state index >= 15 is 0 Å². The molecule has 1 aromatic rings. The first-order chi connectivity index (χ1) is 8.34. The largest absolute Gasteiger partial charge is 0.352 e. The smallest absolute Gasteiger partial charge is 0.150 e. The fourth-order valence-electron chi connectivity index (χ4n) is 2.45. The molecule has 0 spiro atoms. The number of hydrogen-bond donors (Lipinski definition) is 1. The normalized spacial score (nSPS) is 22.5. The van der Waals surface area contributed by atoms with Crippen LogP contribution >= 0.6 is 11.6 Å². The lowest BCUT2D eigenvalue weighted by molar-refractivity contribution is 0.147. The van der Waals surface area contributed by atoms with Crippen molar-refractivity contribution in [2.45, 2.75) is 6.04 Å². The molecule has 1 N–H and O–H groups in total. The van der Waals surface area contributed by atoms with E-state index in [1.807, 2.05) is 0 Å². The van der Waals surface area contributed by atoms with Gasteiger partial charge in [0.1, 0.15) is 11.3 Å². The van der Waals surface area contributed by atoms with Crippen molar-refractivity contribution < 1.29 is 0 Å². The molecule has 0 unspecified atom stereocenters. The molecule has 0 aromatic carbocycles. The van der Waals surface area contributed by atoms with Gasteiger partial charge in [-0.3, -0.25) is 4.90 Å². The summed E-state index contributed by atoms with van der Waals surface area (Å²) in [4.78, 5) is 12.9. The summed E-state index contributed by atoms with van der Waals surface area (Å²) in [5, 5.41) is 4.02. The second-order valence-electron chi connectivity index (χ2n) is 4.54. The first kappa shape index (κ1) is 11.2. The van der Waals surface area contributed by atoms with E-state index in [2.05, 4.69) is 25.1 Å². The van der Waals surface area contributed by atoms with Crippen molar-refractivity contribution in [3.8, 4) is 0 Å². The maximum Gasteiger partial charge on any atom is 0.150 e. The Morgan fingerprint density at radius 3 is 2.76 bits per heavy atom. The minimum absolute atomic E-state index is 0.645. The second-order valence-corrected chi connectivity index (χ2v) is 4.95. The molecule has 2 fully saturated rings. The zero-order valence-corrected chi connectivity index (χ0v) is 10.4. The van der Waals surface area contributed by atoms with Crippen LogP contribution < -0.4 is 10.2 Å². The number of rotatable bonds is 2. The van der Waals surface area contributed by atoms with Gasteiger partial charge in [0.05, 0.1) is 6.20 Å². The summed E-state index contributed by atoms with van der Waals surface area (Å²) in [6.07, 6.45) is 3.21. The Labute approximate surface area is 106 Å². The van der Waals surface area contributed by atoms with Crippen LogP contribution in [0.2, 0.25) is 5.02 Å². The Hall–Kier alpha value is -0.910. The molecular formula is C11H16ClN5. The number of aromatic nitrogens is 2. The van der Waals surface area contributed by atoms with Crippen molar-refractivity contribution in [3.05, 3.63) is 17.5 Å². The van der Waals surface area contributed by atoms with Gasteiger partial charge in [-0.05, 0) is 0 Å². The van der Waals surface area contributed by atoms with Crippen LogP contribution in [0.25, 0.3) is 0 Å². The highest BCUT2D eigenvalue weighted by atomic mass is 35.5. The Kier molecular flexibility index (Phi) is 3.13. The van der Waals surface area contributed by atoms with Crippen LogP contribution in [0.4, 0.5) is 5.82 Å². The van der Waals surface area contributed by atoms with Crippen molar-refractivity contribution >= 4 is 17.4 Å². The maximum absolute atomic E-state index is 6.07. The first-order valence-electron chi connectivity index (χ1n) is 6.00. The second kappa shape index (κ2) is 4.76. The molecular weight excluding hydrogens is 238 g/mol. The van der Waals surface area contributed by atoms with Gasteiger partial charge in [-0.25, -0.2) is 9.97 Å². The molecule has 6 heteroatoms. The molecule has 0 radical (unpaired) electrons. The SMILES string of the molecule is Clc1cncnc1N1CC(N2CCNCC2)C1. The molecule has 5 nitrogen and oxygen atoms in total. The predicted octanol–water partition coefficient (Wildman–Crippen LogP) is 0.224. The minimum Gasteiger partial charge on any atom is -0.352 e. The molecule has 0 amide bonds. The van der Waals surface area contributed by atoms with E-state index in [0.717, 1.165) is 45.1 Å². The van der Waals surface area contributed by atoms with Crippen LogP contribution in [-0.4, -0.2) is 60.2 Å². The van der Waals surface area contributed by atoms with Crippen LogP contribution in [0.5, 0.6) is 0 Å². The van der Waals surface area contributed by atoms with E-state index in [-0.39, 0.29) is 0 Å². The van der Waals surface area contributed by atoms with E-state index in [4.69, 9.17) is 11.6 Å². The fraction of sp³-hybridized carbons (Fsp3) is 0.636. The third kappa shape index (κ3) is 2.22. The van der Waals surface area contributed by atoms with E-state index in [0.29, 0.717) is 11.1 Å².